The van der Waals surface area contributed by atoms with Crippen LogP contribution in [0.2, 0.25) is 0 Å². The third-order valence-corrected chi connectivity index (χ3v) is 3.09. The quantitative estimate of drug-likeness (QED) is 0.490. The number of likely N-dealkylation sites (N-methyl/N-ethyl adjacent to an activating group) is 1. The number of carbonyl (C=O) groups excluding carboxylic acids is 1. The fourth-order valence-electron chi connectivity index (χ4n) is 2.07. The van der Waals surface area contributed by atoms with Gasteiger partial charge in [0.2, 0.25) is 0 Å². The van der Waals surface area contributed by atoms with Crippen LogP contribution in [0, 0.1) is 15.9 Å². The third kappa shape index (κ3) is 3.66. The number of nitro groups is 1. The Morgan fingerprint density at radius 1 is 1.57 bits per heavy atom. The van der Waals surface area contributed by atoms with E-state index in [2.05, 4.69) is 0 Å². The van der Waals surface area contributed by atoms with Crippen molar-refractivity contribution >= 4 is 17.3 Å². The van der Waals surface area contributed by atoms with E-state index in [4.69, 9.17) is 10.5 Å². The number of anilines is 1. The summed E-state index contributed by atoms with van der Waals surface area (Å²) in [6, 6.07) is 1.34. The van der Waals surface area contributed by atoms with Gasteiger partial charge in [-0.25, -0.2) is 4.39 Å². The lowest BCUT2D eigenvalue weighted by Crippen LogP contribution is -2.41. The van der Waals surface area contributed by atoms with Gasteiger partial charge in [0.1, 0.15) is 11.5 Å². The summed E-state index contributed by atoms with van der Waals surface area (Å²) in [7, 11) is 1.50. The normalized spacial score (nSPS) is 12.0. The number of carbonyl (C=O) groups is 1. The standard InChI is InChI=1S/C13H18FN3O4/c1-4-16(8(2)7-21-3)13(18)10-5-9(14)6-11(12(10)15)17(19)20/h5-6,8H,4,7,15H2,1-3H3. The molecule has 0 aliphatic carbocycles. The Labute approximate surface area is 121 Å². The molecule has 8 heteroatoms. The lowest BCUT2D eigenvalue weighted by Gasteiger charge is -2.28. The zero-order valence-corrected chi connectivity index (χ0v) is 12.1. The molecule has 0 fully saturated rings. The predicted molar refractivity (Wildman–Crippen MR) is 75.5 cm³/mol. The van der Waals surface area contributed by atoms with Crippen molar-refractivity contribution in [2.75, 3.05) is 26.0 Å². The van der Waals surface area contributed by atoms with Crippen LogP contribution in [0.3, 0.4) is 0 Å². The Kier molecular flexibility index (Phi) is 5.60. The largest absolute Gasteiger partial charge is 0.393 e. The molecule has 1 unspecified atom stereocenters. The molecule has 1 atom stereocenters. The Balaban J connectivity index is 3.25. The van der Waals surface area contributed by atoms with Gasteiger partial charge in [-0.1, -0.05) is 0 Å². The number of nitrogens with two attached hydrogens (primary N) is 1. The minimum absolute atomic E-state index is 0.216. The first-order valence-electron chi connectivity index (χ1n) is 6.36. The summed E-state index contributed by atoms with van der Waals surface area (Å²) in [6.07, 6.45) is 0. The molecule has 1 rings (SSSR count). The third-order valence-electron chi connectivity index (χ3n) is 3.09. The number of ether oxygens (including phenoxy) is 1. The maximum atomic E-state index is 13.5. The van der Waals surface area contributed by atoms with E-state index in [1.165, 1.54) is 12.0 Å². The zero-order chi connectivity index (χ0) is 16.2. The Morgan fingerprint density at radius 3 is 2.67 bits per heavy atom. The number of nitrogens with zero attached hydrogens (tertiary/aromatic N) is 2. The minimum Gasteiger partial charge on any atom is -0.393 e. The van der Waals surface area contributed by atoms with Crippen LogP contribution in [0.15, 0.2) is 12.1 Å². The Morgan fingerprint density at radius 2 is 2.19 bits per heavy atom. The lowest BCUT2D eigenvalue weighted by atomic mass is 10.1. The average molecular weight is 299 g/mol. The molecule has 21 heavy (non-hydrogen) atoms. The highest BCUT2D eigenvalue weighted by atomic mass is 19.1. The number of amides is 1. The molecule has 1 aromatic carbocycles. The molecule has 0 aliphatic heterocycles. The predicted octanol–water partition coefficient (Wildman–Crippen LogP) is 1.81. The van der Waals surface area contributed by atoms with Gasteiger partial charge in [0, 0.05) is 13.7 Å². The van der Waals surface area contributed by atoms with Crippen LogP contribution in [0.4, 0.5) is 15.8 Å². The molecule has 0 saturated heterocycles. The smallest absolute Gasteiger partial charge is 0.295 e. The van der Waals surface area contributed by atoms with Crippen LogP contribution in [0.25, 0.3) is 0 Å². The number of hydrogen-bond acceptors (Lipinski definition) is 5. The number of nitrogen functional groups attached to an aromatic ring is 1. The molecule has 0 saturated carbocycles. The number of rotatable bonds is 6. The van der Waals surface area contributed by atoms with Crippen molar-refractivity contribution in [2.45, 2.75) is 19.9 Å². The molecule has 0 spiro atoms. The highest BCUT2D eigenvalue weighted by Gasteiger charge is 2.26. The van der Waals surface area contributed by atoms with Crippen LogP contribution < -0.4 is 5.73 Å². The van der Waals surface area contributed by atoms with Gasteiger partial charge in [0.25, 0.3) is 11.6 Å². The monoisotopic (exact) mass is 299 g/mol. The molecular formula is C13H18FN3O4. The lowest BCUT2D eigenvalue weighted by molar-refractivity contribution is -0.384. The van der Waals surface area contributed by atoms with Crippen molar-refractivity contribution in [3.05, 3.63) is 33.6 Å². The summed E-state index contributed by atoms with van der Waals surface area (Å²) >= 11 is 0. The van der Waals surface area contributed by atoms with Crippen LogP contribution in [-0.4, -0.2) is 42.0 Å². The molecular weight excluding hydrogens is 281 g/mol. The maximum Gasteiger partial charge on any atom is 0.295 e. The van der Waals surface area contributed by atoms with E-state index >= 15 is 0 Å². The number of nitro benzene ring substituents is 1. The van der Waals surface area contributed by atoms with E-state index in [1.54, 1.807) is 13.8 Å². The summed E-state index contributed by atoms with van der Waals surface area (Å²) < 4.78 is 18.5. The van der Waals surface area contributed by atoms with Crippen molar-refractivity contribution in [1.82, 2.24) is 4.90 Å². The first-order valence-corrected chi connectivity index (χ1v) is 6.36. The maximum absolute atomic E-state index is 13.5. The summed E-state index contributed by atoms with van der Waals surface area (Å²) in [6.45, 7) is 4.13. The van der Waals surface area contributed by atoms with Gasteiger partial charge in [-0.2, -0.15) is 0 Å². The van der Waals surface area contributed by atoms with Gasteiger partial charge in [0.15, 0.2) is 0 Å². The molecule has 116 valence electrons. The molecule has 2 N–H and O–H groups in total. The van der Waals surface area contributed by atoms with Gasteiger partial charge in [-0.15, -0.1) is 0 Å². The van der Waals surface area contributed by atoms with Crippen LogP contribution in [0.1, 0.15) is 24.2 Å². The highest BCUT2D eigenvalue weighted by Crippen LogP contribution is 2.28. The van der Waals surface area contributed by atoms with Crippen molar-refractivity contribution in [3.8, 4) is 0 Å². The van der Waals surface area contributed by atoms with Crippen molar-refractivity contribution in [2.24, 2.45) is 0 Å². The second-order valence-electron chi connectivity index (χ2n) is 4.54. The summed E-state index contributed by atoms with van der Waals surface area (Å²) in [5.74, 6) is -1.45. The Hall–Kier alpha value is -2.22. The van der Waals surface area contributed by atoms with Gasteiger partial charge >= 0.3 is 0 Å². The second kappa shape index (κ2) is 6.98. The number of benzene rings is 1. The van der Waals surface area contributed by atoms with Crippen LogP contribution in [-0.2, 0) is 4.74 Å². The first-order chi connectivity index (χ1) is 9.83. The molecule has 1 amide bonds. The second-order valence-corrected chi connectivity index (χ2v) is 4.54. The molecule has 0 aromatic heterocycles. The van der Waals surface area contributed by atoms with Crippen molar-refractivity contribution in [1.29, 1.82) is 0 Å². The molecule has 0 heterocycles. The van der Waals surface area contributed by atoms with Gasteiger partial charge in [-0.05, 0) is 19.9 Å². The number of halogens is 1. The average Bonchev–Trinajstić information content (AvgIpc) is 2.41. The van der Waals surface area contributed by atoms with Gasteiger partial charge in [0.05, 0.1) is 29.2 Å². The Bertz CT molecular complexity index is 550. The molecule has 0 bridgehead atoms. The van der Waals surface area contributed by atoms with E-state index in [0.29, 0.717) is 12.6 Å². The van der Waals surface area contributed by atoms with E-state index in [9.17, 15) is 19.3 Å². The van der Waals surface area contributed by atoms with Crippen molar-refractivity contribution in [3.63, 3.8) is 0 Å². The van der Waals surface area contributed by atoms with E-state index in [0.717, 1.165) is 6.07 Å². The number of methoxy groups -OCH3 is 1. The molecule has 0 radical (unpaired) electrons. The zero-order valence-electron chi connectivity index (χ0n) is 12.1. The fraction of sp³-hybridized carbons (Fsp3) is 0.462. The van der Waals surface area contributed by atoms with Gasteiger partial charge < -0.3 is 15.4 Å². The fourth-order valence-corrected chi connectivity index (χ4v) is 2.07. The SMILES string of the molecule is CCN(C(=O)c1cc(F)cc([N+](=O)[O-])c1N)C(C)COC. The van der Waals surface area contributed by atoms with Crippen LogP contribution >= 0.6 is 0 Å². The summed E-state index contributed by atoms with van der Waals surface area (Å²) in [5, 5.41) is 10.8. The molecule has 1 aromatic rings. The van der Waals surface area contributed by atoms with E-state index in [-0.39, 0.29) is 23.9 Å². The summed E-state index contributed by atoms with van der Waals surface area (Å²) in [4.78, 5) is 23.9. The van der Waals surface area contributed by atoms with Crippen LogP contribution in [0.5, 0.6) is 0 Å². The topological polar surface area (TPSA) is 98.7 Å². The molecule has 7 nitrogen and oxygen atoms in total. The van der Waals surface area contributed by atoms with E-state index in [1.807, 2.05) is 0 Å². The van der Waals surface area contributed by atoms with E-state index < -0.39 is 22.3 Å². The minimum atomic E-state index is -0.880. The number of hydrogen-bond donors (Lipinski definition) is 1. The summed E-state index contributed by atoms with van der Waals surface area (Å²) in [5.41, 5.74) is 4.46. The molecule has 0 aliphatic rings. The van der Waals surface area contributed by atoms with Gasteiger partial charge in [-0.3, -0.25) is 14.9 Å². The van der Waals surface area contributed by atoms with Crippen molar-refractivity contribution < 1.29 is 18.8 Å². The first kappa shape index (κ1) is 16.8. The highest BCUT2D eigenvalue weighted by molar-refractivity contribution is 6.01.